The van der Waals surface area contributed by atoms with Crippen molar-refractivity contribution in [3.8, 4) is 0 Å². The molecule has 6 atom stereocenters. The van der Waals surface area contributed by atoms with Gasteiger partial charge in [-0.25, -0.2) is 0 Å². The number of benzene rings is 2. The molecule has 6 nitrogen and oxygen atoms in total. The van der Waals surface area contributed by atoms with Crippen molar-refractivity contribution in [1.82, 2.24) is 0 Å². The van der Waals surface area contributed by atoms with Gasteiger partial charge in [0.2, 0.25) is 0 Å². The zero-order chi connectivity index (χ0) is 21.3. The second kappa shape index (κ2) is 8.59. The number of oxime groups is 1. The quantitative estimate of drug-likeness (QED) is 0.763. The average Bonchev–Trinajstić information content (AvgIpc) is 3.32. The molecule has 7 heteroatoms. The van der Waals surface area contributed by atoms with Gasteiger partial charge in [-0.05, 0) is 25.0 Å². The van der Waals surface area contributed by atoms with Crippen LogP contribution in [0.5, 0.6) is 0 Å². The molecule has 0 saturated carbocycles. The van der Waals surface area contributed by atoms with Gasteiger partial charge < -0.3 is 19.4 Å². The number of aliphatic hydroxyl groups is 1. The Morgan fingerprint density at radius 2 is 1.67 bits per heavy atom. The molecule has 1 unspecified atom stereocenters. The highest BCUT2D eigenvalue weighted by Gasteiger charge is 2.48. The van der Waals surface area contributed by atoms with E-state index < -0.39 is 34.0 Å². The summed E-state index contributed by atoms with van der Waals surface area (Å²) in [5.74, 6) is -1.06. The van der Waals surface area contributed by atoms with Crippen LogP contribution < -0.4 is 0 Å². The smallest absolute Gasteiger partial charge is 0.164 e. The van der Waals surface area contributed by atoms with Crippen LogP contribution in [0.15, 0.2) is 65.8 Å². The van der Waals surface area contributed by atoms with E-state index >= 15 is 0 Å². The van der Waals surface area contributed by atoms with Crippen LogP contribution in [-0.2, 0) is 25.1 Å². The average molecular weight is 430 g/mol. The van der Waals surface area contributed by atoms with Crippen molar-refractivity contribution < 1.29 is 23.6 Å². The monoisotopic (exact) mass is 429 g/mol. The van der Waals surface area contributed by atoms with Crippen molar-refractivity contribution in [1.29, 1.82) is 0 Å². The number of rotatable bonds is 6. The lowest BCUT2D eigenvalue weighted by molar-refractivity contribution is -0.150. The predicted octanol–water partition coefficient (Wildman–Crippen LogP) is 3.16. The third-order valence-electron chi connectivity index (χ3n) is 5.55. The fourth-order valence-corrected chi connectivity index (χ4v) is 5.24. The van der Waals surface area contributed by atoms with Crippen molar-refractivity contribution in [2.45, 2.75) is 49.1 Å². The molecule has 2 aliphatic heterocycles. The van der Waals surface area contributed by atoms with Crippen molar-refractivity contribution in [2.75, 3.05) is 12.9 Å². The number of nitrogens with zero attached hydrogens (tertiary/aromatic N) is 1. The zero-order valence-corrected chi connectivity index (χ0v) is 18.1. The van der Waals surface area contributed by atoms with Gasteiger partial charge in [0.05, 0.1) is 18.2 Å². The zero-order valence-electron chi connectivity index (χ0n) is 17.3. The Hall–Kier alpha value is -2.06. The summed E-state index contributed by atoms with van der Waals surface area (Å²) in [7, 11) is -1.41. The van der Waals surface area contributed by atoms with E-state index in [1.807, 2.05) is 60.7 Å². The Kier molecular flexibility index (Phi) is 6.06. The number of hydrogen-bond acceptors (Lipinski definition) is 6. The molecule has 4 rings (SSSR count). The minimum Gasteiger partial charge on any atom is -0.389 e. The third kappa shape index (κ3) is 4.21. The normalized spacial score (nSPS) is 28.4. The van der Waals surface area contributed by atoms with Crippen molar-refractivity contribution in [2.24, 2.45) is 5.16 Å². The lowest BCUT2D eigenvalue weighted by atomic mass is 9.83. The summed E-state index contributed by atoms with van der Waals surface area (Å²) < 4.78 is 24.3. The van der Waals surface area contributed by atoms with Crippen LogP contribution in [-0.4, -0.2) is 51.1 Å². The standard InChI is InChI=1S/C23H27NO5S/c1-23(2)27-14-17(28-23)20(25)22(30(3)26)19-18(15-10-6-4-7-11-15)21(29-24-19)16-12-8-5-9-13-16/h4-13,17-18,20-22,25H,14H2,1-3H3/t17-,18-,20+,21+,22-,30?/m1/s1. The van der Waals surface area contributed by atoms with E-state index in [0.29, 0.717) is 5.71 Å². The first-order valence-corrected chi connectivity index (χ1v) is 11.6. The summed E-state index contributed by atoms with van der Waals surface area (Å²) >= 11 is 0. The van der Waals surface area contributed by atoms with Crippen LogP contribution in [0.4, 0.5) is 0 Å². The first kappa shape index (κ1) is 21.2. The number of hydrogen-bond donors (Lipinski definition) is 1. The first-order chi connectivity index (χ1) is 14.4. The van der Waals surface area contributed by atoms with E-state index in [1.54, 1.807) is 20.1 Å². The van der Waals surface area contributed by atoms with Crippen molar-refractivity contribution in [3.05, 3.63) is 71.8 Å². The van der Waals surface area contributed by atoms with Crippen LogP contribution in [0.1, 0.15) is 37.0 Å². The maximum atomic E-state index is 12.8. The van der Waals surface area contributed by atoms with E-state index in [1.165, 1.54) is 0 Å². The van der Waals surface area contributed by atoms with E-state index in [0.717, 1.165) is 11.1 Å². The predicted molar refractivity (Wildman–Crippen MR) is 116 cm³/mol. The second-order valence-electron chi connectivity index (χ2n) is 8.12. The Labute approximate surface area is 179 Å². The molecule has 0 radical (unpaired) electrons. The molecule has 1 fully saturated rings. The van der Waals surface area contributed by atoms with Gasteiger partial charge in [0.1, 0.15) is 17.5 Å². The summed E-state index contributed by atoms with van der Waals surface area (Å²) in [5, 5.41) is 14.8. The van der Waals surface area contributed by atoms with Crippen molar-refractivity contribution >= 4 is 16.5 Å². The highest BCUT2D eigenvalue weighted by molar-refractivity contribution is 7.85. The molecule has 1 saturated heterocycles. The Morgan fingerprint density at radius 1 is 1.07 bits per heavy atom. The van der Waals surface area contributed by atoms with Gasteiger partial charge in [-0.15, -0.1) is 0 Å². The molecule has 2 aromatic carbocycles. The van der Waals surface area contributed by atoms with Gasteiger partial charge in [0, 0.05) is 17.1 Å². The molecule has 0 bridgehead atoms. The molecule has 2 aliphatic rings. The second-order valence-corrected chi connectivity index (χ2v) is 9.62. The molecule has 1 N–H and O–H groups in total. The molecule has 0 aromatic heterocycles. The van der Waals surface area contributed by atoms with Gasteiger partial charge in [-0.3, -0.25) is 4.21 Å². The Morgan fingerprint density at radius 3 is 2.20 bits per heavy atom. The van der Waals surface area contributed by atoms with Crippen LogP contribution in [0.2, 0.25) is 0 Å². The van der Waals surface area contributed by atoms with Crippen LogP contribution >= 0.6 is 0 Å². The minimum atomic E-state index is -1.41. The highest BCUT2D eigenvalue weighted by atomic mass is 32.2. The van der Waals surface area contributed by atoms with Gasteiger partial charge >= 0.3 is 0 Å². The van der Waals surface area contributed by atoms with Crippen LogP contribution in [0.3, 0.4) is 0 Å². The van der Waals surface area contributed by atoms with Gasteiger partial charge in [0.15, 0.2) is 11.9 Å². The van der Waals surface area contributed by atoms with E-state index in [-0.39, 0.29) is 18.6 Å². The van der Waals surface area contributed by atoms with E-state index in [2.05, 4.69) is 5.16 Å². The highest BCUT2D eigenvalue weighted by Crippen LogP contribution is 2.42. The maximum Gasteiger partial charge on any atom is 0.164 e. The lowest BCUT2D eigenvalue weighted by Gasteiger charge is -2.29. The SMILES string of the molecule is CS(=O)[C@H](C1=NO[C@@H](c2ccccc2)[C@@H]1c1ccccc1)[C@@H](O)[C@H]1COC(C)(C)O1. The van der Waals surface area contributed by atoms with Crippen LogP contribution in [0.25, 0.3) is 0 Å². The Balaban J connectivity index is 1.70. The maximum absolute atomic E-state index is 12.8. The van der Waals surface area contributed by atoms with Crippen molar-refractivity contribution in [3.63, 3.8) is 0 Å². The minimum absolute atomic E-state index is 0.230. The number of ether oxygens (including phenoxy) is 2. The molecule has 0 spiro atoms. The summed E-state index contributed by atoms with van der Waals surface area (Å²) in [6.45, 7) is 3.83. The van der Waals surface area contributed by atoms with Gasteiger partial charge in [-0.2, -0.15) is 0 Å². The summed E-state index contributed by atoms with van der Waals surface area (Å²) in [4.78, 5) is 5.87. The molecule has 2 aromatic rings. The summed E-state index contributed by atoms with van der Waals surface area (Å²) in [5.41, 5.74) is 2.53. The summed E-state index contributed by atoms with van der Waals surface area (Å²) in [6, 6.07) is 19.7. The third-order valence-corrected chi connectivity index (χ3v) is 6.79. The largest absolute Gasteiger partial charge is 0.389 e. The molecule has 2 heterocycles. The topological polar surface area (TPSA) is 77.4 Å². The lowest BCUT2D eigenvalue weighted by Crippen LogP contribution is -2.47. The first-order valence-electron chi connectivity index (χ1n) is 10.0. The van der Waals surface area contributed by atoms with E-state index in [4.69, 9.17) is 14.3 Å². The fourth-order valence-electron chi connectivity index (χ4n) is 4.14. The van der Waals surface area contributed by atoms with E-state index in [9.17, 15) is 9.32 Å². The fraction of sp³-hybridized carbons (Fsp3) is 0.435. The summed E-state index contributed by atoms with van der Waals surface area (Å²) in [6.07, 6.45) is -0.418. The van der Waals surface area contributed by atoms with Gasteiger partial charge in [-0.1, -0.05) is 65.8 Å². The Bertz CT molecular complexity index is 918. The molecule has 30 heavy (non-hydrogen) atoms. The molecule has 160 valence electrons. The van der Waals surface area contributed by atoms with Gasteiger partial charge in [0.25, 0.3) is 0 Å². The van der Waals surface area contributed by atoms with Crippen LogP contribution in [0, 0.1) is 0 Å². The molecular weight excluding hydrogens is 402 g/mol. The number of aliphatic hydroxyl groups excluding tert-OH is 1. The molecule has 0 amide bonds. The molecular formula is C23H27NO5S. The molecule has 0 aliphatic carbocycles.